The summed E-state index contributed by atoms with van der Waals surface area (Å²) in [6.07, 6.45) is -2.42. The molecule has 5 aliphatic rings. The van der Waals surface area contributed by atoms with Gasteiger partial charge < -0.3 is 28.8 Å². The van der Waals surface area contributed by atoms with Crippen LogP contribution in [0, 0.1) is 0 Å². The maximum absolute atomic E-state index is 12.4. The number of epoxide rings is 2. The zero-order valence-corrected chi connectivity index (χ0v) is 14.4. The molecule has 0 aromatic rings. The van der Waals surface area contributed by atoms with E-state index in [-0.39, 0.29) is 17.3 Å². The lowest BCUT2D eigenvalue weighted by atomic mass is 9.81. The molecule has 26 heavy (non-hydrogen) atoms. The molecule has 2 bridgehead atoms. The Morgan fingerprint density at radius 2 is 2.04 bits per heavy atom. The highest BCUT2D eigenvalue weighted by Crippen LogP contribution is 2.60. The van der Waals surface area contributed by atoms with Crippen molar-refractivity contribution in [2.45, 2.75) is 75.0 Å². The Hall–Kier alpha value is -1.97. The summed E-state index contributed by atoms with van der Waals surface area (Å²) in [5.41, 5.74) is -1.96. The fraction of sp³-hybridized carbons (Fsp3) is 0.706. The molecule has 4 heterocycles. The van der Waals surface area contributed by atoms with E-state index in [1.807, 2.05) is 0 Å². The fourth-order valence-electron chi connectivity index (χ4n) is 4.66. The minimum atomic E-state index is -2.29. The van der Waals surface area contributed by atoms with Crippen LogP contribution in [0.25, 0.3) is 0 Å². The Morgan fingerprint density at radius 1 is 1.31 bits per heavy atom. The van der Waals surface area contributed by atoms with Crippen molar-refractivity contribution in [1.29, 1.82) is 0 Å². The fourth-order valence-corrected chi connectivity index (χ4v) is 4.66. The SMILES string of the molecule is CC(=O)O[C@H]1[C@@]2(C)O[C@@H]2CC[C@@]23O[C@@H]2[C@@H](OC3=O)C2=C(C)C(=O)O[C@]21O. The summed E-state index contributed by atoms with van der Waals surface area (Å²) in [5.74, 6) is -4.24. The van der Waals surface area contributed by atoms with Gasteiger partial charge >= 0.3 is 17.9 Å². The second-order valence-electron chi connectivity index (χ2n) is 7.70. The number of carbonyl (C=O) groups excluding carboxylic acids is 3. The van der Waals surface area contributed by atoms with Crippen molar-refractivity contribution in [3.63, 3.8) is 0 Å². The maximum Gasteiger partial charge on any atom is 0.342 e. The first-order valence-electron chi connectivity index (χ1n) is 8.54. The van der Waals surface area contributed by atoms with Crippen LogP contribution >= 0.6 is 0 Å². The summed E-state index contributed by atoms with van der Waals surface area (Å²) < 4.78 is 27.5. The van der Waals surface area contributed by atoms with E-state index in [4.69, 9.17) is 23.7 Å². The van der Waals surface area contributed by atoms with Crippen molar-refractivity contribution < 1.29 is 43.2 Å². The third kappa shape index (κ3) is 1.73. The number of carbonyl (C=O) groups is 3. The van der Waals surface area contributed by atoms with Gasteiger partial charge in [0.1, 0.15) is 11.7 Å². The lowest BCUT2D eigenvalue weighted by Crippen LogP contribution is -2.57. The van der Waals surface area contributed by atoms with Crippen LogP contribution in [0.15, 0.2) is 11.1 Å². The van der Waals surface area contributed by atoms with Crippen molar-refractivity contribution in [3.8, 4) is 0 Å². The molecule has 1 saturated carbocycles. The van der Waals surface area contributed by atoms with Gasteiger partial charge in [0.2, 0.25) is 6.10 Å². The summed E-state index contributed by atoms with van der Waals surface area (Å²) in [6, 6.07) is 0. The van der Waals surface area contributed by atoms with Crippen molar-refractivity contribution in [2.75, 3.05) is 0 Å². The second-order valence-corrected chi connectivity index (χ2v) is 7.70. The van der Waals surface area contributed by atoms with Crippen LogP contribution < -0.4 is 0 Å². The van der Waals surface area contributed by atoms with Crippen molar-refractivity contribution in [1.82, 2.24) is 0 Å². The van der Waals surface area contributed by atoms with Gasteiger partial charge in [-0.05, 0) is 26.7 Å². The van der Waals surface area contributed by atoms with E-state index in [1.54, 1.807) is 6.92 Å². The topological polar surface area (TPSA) is 124 Å². The third-order valence-corrected chi connectivity index (χ3v) is 6.14. The molecule has 7 atom stereocenters. The van der Waals surface area contributed by atoms with Crippen LogP contribution in [-0.2, 0) is 38.1 Å². The molecule has 3 saturated heterocycles. The zero-order chi connectivity index (χ0) is 18.6. The van der Waals surface area contributed by atoms with Gasteiger partial charge in [0, 0.05) is 12.5 Å². The molecular weight excluding hydrogens is 348 g/mol. The van der Waals surface area contributed by atoms with Crippen LogP contribution in [-0.4, -0.2) is 64.4 Å². The molecule has 9 heteroatoms. The number of ether oxygens (including phenoxy) is 5. The maximum atomic E-state index is 12.4. The summed E-state index contributed by atoms with van der Waals surface area (Å²) in [7, 11) is 0. The number of rotatable bonds is 1. The lowest BCUT2D eigenvalue weighted by molar-refractivity contribution is -0.240. The predicted octanol–water partition coefficient (Wildman–Crippen LogP) is -0.506. The minimum absolute atomic E-state index is 0.0591. The van der Waals surface area contributed by atoms with Gasteiger partial charge in [0.15, 0.2) is 11.7 Å². The van der Waals surface area contributed by atoms with Crippen molar-refractivity contribution >= 4 is 17.9 Å². The molecule has 0 aromatic carbocycles. The molecule has 1 aliphatic carbocycles. The molecule has 9 nitrogen and oxygen atoms in total. The molecule has 5 rings (SSSR count). The Bertz CT molecular complexity index is 802. The van der Waals surface area contributed by atoms with Crippen LogP contribution in [0.5, 0.6) is 0 Å². The predicted molar refractivity (Wildman–Crippen MR) is 79.3 cm³/mol. The Kier molecular flexibility index (Phi) is 2.79. The largest absolute Gasteiger partial charge is 0.452 e. The molecule has 0 unspecified atom stereocenters. The highest BCUT2D eigenvalue weighted by molar-refractivity contribution is 5.94. The smallest absolute Gasteiger partial charge is 0.342 e. The lowest BCUT2D eigenvalue weighted by Gasteiger charge is -2.36. The van der Waals surface area contributed by atoms with Crippen molar-refractivity contribution in [3.05, 3.63) is 11.1 Å². The second kappa shape index (κ2) is 4.47. The van der Waals surface area contributed by atoms with Gasteiger partial charge in [-0.1, -0.05) is 0 Å². The zero-order valence-electron chi connectivity index (χ0n) is 14.4. The molecule has 0 spiro atoms. The highest BCUT2D eigenvalue weighted by atomic mass is 16.7. The summed E-state index contributed by atoms with van der Waals surface area (Å²) in [6.45, 7) is 4.34. The average Bonchev–Trinajstić information content (AvgIpc) is 3.39. The van der Waals surface area contributed by atoms with Crippen LogP contribution in [0.4, 0.5) is 0 Å². The van der Waals surface area contributed by atoms with Gasteiger partial charge in [-0.15, -0.1) is 0 Å². The van der Waals surface area contributed by atoms with E-state index >= 15 is 0 Å². The quantitative estimate of drug-likeness (QED) is 0.371. The number of esters is 3. The number of hydrogen-bond acceptors (Lipinski definition) is 9. The first kappa shape index (κ1) is 16.2. The summed E-state index contributed by atoms with van der Waals surface area (Å²) >= 11 is 0. The van der Waals surface area contributed by atoms with Crippen LogP contribution in [0.1, 0.15) is 33.6 Å². The first-order chi connectivity index (χ1) is 12.1. The van der Waals surface area contributed by atoms with E-state index < -0.39 is 53.2 Å². The van der Waals surface area contributed by atoms with Crippen molar-refractivity contribution in [2.24, 2.45) is 0 Å². The Labute approximate surface area is 148 Å². The normalized spacial score (nSPS) is 50.9. The van der Waals surface area contributed by atoms with E-state index in [2.05, 4.69) is 0 Å². The molecular formula is C17H18O9. The highest BCUT2D eigenvalue weighted by Gasteiger charge is 2.79. The number of aliphatic hydroxyl groups is 1. The van der Waals surface area contributed by atoms with Gasteiger partial charge in [0.25, 0.3) is 5.79 Å². The number of fused-ring (bicyclic) bond motifs is 3. The molecule has 0 radical (unpaired) electrons. The third-order valence-electron chi connectivity index (χ3n) is 6.14. The van der Waals surface area contributed by atoms with E-state index in [1.165, 1.54) is 13.8 Å². The molecule has 4 aliphatic heterocycles. The molecule has 140 valence electrons. The molecule has 1 N–H and O–H groups in total. The van der Waals surface area contributed by atoms with Gasteiger partial charge in [0.05, 0.1) is 11.7 Å². The van der Waals surface area contributed by atoms with E-state index in [0.29, 0.717) is 12.8 Å². The first-order valence-corrected chi connectivity index (χ1v) is 8.54. The standard InChI is InChI=1S/C17H18O9/c1-6-9-10-11-16(25-11,14(20)23-10)5-4-8-15(3,24-8)13(22-7(2)18)17(9,21)26-12(6)19/h8,10-11,13,21H,4-5H2,1-3H3/t8-,10+,11-,13+,15+,16-,17-/m1/s1. The summed E-state index contributed by atoms with van der Waals surface area (Å²) in [5, 5.41) is 11.4. The summed E-state index contributed by atoms with van der Waals surface area (Å²) in [4.78, 5) is 36.3. The van der Waals surface area contributed by atoms with E-state index in [0.717, 1.165) is 0 Å². The van der Waals surface area contributed by atoms with E-state index in [9.17, 15) is 19.5 Å². The molecule has 4 fully saturated rings. The van der Waals surface area contributed by atoms with Crippen LogP contribution in [0.3, 0.4) is 0 Å². The average molecular weight is 366 g/mol. The Balaban J connectivity index is 1.68. The van der Waals surface area contributed by atoms with Gasteiger partial charge in [-0.3, -0.25) is 4.79 Å². The molecule has 0 aromatic heterocycles. The van der Waals surface area contributed by atoms with Crippen LogP contribution in [0.2, 0.25) is 0 Å². The van der Waals surface area contributed by atoms with Gasteiger partial charge in [-0.25, -0.2) is 9.59 Å². The Morgan fingerprint density at radius 3 is 2.69 bits per heavy atom. The minimum Gasteiger partial charge on any atom is -0.452 e. The van der Waals surface area contributed by atoms with Gasteiger partial charge in [-0.2, -0.15) is 0 Å². The molecule has 0 amide bonds. The monoisotopic (exact) mass is 366 g/mol. The number of hydrogen-bond donors (Lipinski definition) is 1.